The number of hydrogen-bond donors (Lipinski definition) is 0. The molecule has 0 aliphatic rings. The van der Waals surface area contributed by atoms with Crippen molar-refractivity contribution in [3.8, 4) is 0 Å². The lowest BCUT2D eigenvalue weighted by Gasteiger charge is -1.86. The van der Waals surface area contributed by atoms with E-state index >= 15 is 0 Å². The first-order valence-corrected chi connectivity index (χ1v) is 4.40. The molecule has 0 atom stereocenters. The maximum Gasteiger partial charge on any atom is 0.265 e. The molecule has 0 saturated carbocycles. The minimum atomic E-state index is -0.538. The number of nitrogens with zero attached hydrogens (tertiary/aromatic N) is 1. The van der Waals surface area contributed by atoms with Crippen molar-refractivity contribution >= 4 is 28.5 Å². The molecular formula is C9H5ClFNO2. The molecule has 0 bridgehead atoms. The summed E-state index contributed by atoms with van der Waals surface area (Å²) in [6.07, 6.45) is 0. The Morgan fingerprint density at radius 3 is 3.00 bits per heavy atom. The number of ketones is 1. The number of benzene rings is 1. The van der Waals surface area contributed by atoms with Crippen LogP contribution in [0.2, 0.25) is 0 Å². The second kappa shape index (κ2) is 3.38. The Bertz CT molecular complexity index is 495. The summed E-state index contributed by atoms with van der Waals surface area (Å²) in [6.45, 7) is 0. The lowest BCUT2D eigenvalue weighted by atomic mass is 10.3. The molecule has 1 aromatic heterocycles. The van der Waals surface area contributed by atoms with Gasteiger partial charge in [0, 0.05) is 0 Å². The minimum absolute atomic E-state index is 0.0130. The molecule has 2 aromatic rings. The molecule has 0 amide bonds. The van der Waals surface area contributed by atoms with Gasteiger partial charge in [-0.05, 0) is 12.1 Å². The quantitative estimate of drug-likeness (QED) is 0.568. The lowest BCUT2D eigenvalue weighted by molar-refractivity contribution is 0.0986. The van der Waals surface area contributed by atoms with Gasteiger partial charge in [0.15, 0.2) is 11.4 Å². The molecular weight excluding hydrogens is 209 g/mol. The van der Waals surface area contributed by atoms with Crippen LogP contribution in [0.25, 0.3) is 11.1 Å². The van der Waals surface area contributed by atoms with Crippen LogP contribution in [0.1, 0.15) is 10.7 Å². The molecule has 2 rings (SSSR count). The Morgan fingerprint density at radius 2 is 2.36 bits per heavy atom. The number of hydrogen-bond acceptors (Lipinski definition) is 3. The number of carbonyl (C=O) groups is 1. The molecule has 1 heterocycles. The highest BCUT2D eigenvalue weighted by Crippen LogP contribution is 2.18. The Hall–Kier alpha value is -1.42. The zero-order valence-electron chi connectivity index (χ0n) is 6.96. The van der Waals surface area contributed by atoms with Crippen LogP contribution >= 0.6 is 11.6 Å². The van der Waals surface area contributed by atoms with Gasteiger partial charge in [0.05, 0.1) is 5.88 Å². The van der Waals surface area contributed by atoms with E-state index in [9.17, 15) is 9.18 Å². The van der Waals surface area contributed by atoms with Crippen LogP contribution in [-0.4, -0.2) is 16.6 Å². The number of rotatable bonds is 2. The molecule has 72 valence electrons. The average Bonchev–Trinajstić information content (AvgIpc) is 2.62. The van der Waals surface area contributed by atoms with Gasteiger partial charge in [-0.1, -0.05) is 6.07 Å². The zero-order chi connectivity index (χ0) is 10.1. The summed E-state index contributed by atoms with van der Waals surface area (Å²) in [7, 11) is 0. The first-order valence-electron chi connectivity index (χ1n) is 3.86. The molecule has 1 aromatic carbocycles. The van der Waals surface area contributed by atoms with E-state index in [-0.39, 0.29) is 17.4 Å². The van der Waals surface area contributed by atoms with Crippen molar-refractivity contribution in [1.82, 2.24) is 4.98 Å². The monoisotopic (exact) mass is 213 g/mol. The SMILES string of the molecule is O=C(CCl)c1nc2cccc(F)c2o1. The predicted octanol–water partition coefficient (Wildman–Crippen LogP) is 2.39. The molecule has 5 heteroatoms. The Labute approximate surface area is 83.5 Å². The third-order valence-corrected chi connectivity index (χ3v) is 1.97. The van der Waals surface area contributed by atoms with E-state index in [4.69, 9.17) is 16.0 Å². The number of aromatic nitrogens is 1. The third-order valence-electron chi connectivity index (χ3n) is 1.73. The zero-order valence-corrected chi connectivity index (χ0v) is 7.71. The van der Waals surface area contributed by atoms with Gasteiger partial charge in [-0.15, -0.1) is 11.6 Å². The van der Waals surface area contributed by atoms with Crippen molar-refractivity contribution in [2.45, 2.75) is 0 Å². The number of fused-ring (bicyclic) bond motifs is 1. The Balaban J connectivity index is 2.62. The topological polar surface area (TPSA) is 43.1 Å². The van der Waals surface area contributed by atoms with Crippen molar-refractivity contribution in [3.63, 3.8) is 0 Å². The van der Waals surface area contributed by atoms with E-state index in [1.54, 1.807) is 6.07 Å². The van der Waals surface area contributed by atoms with Crippen molar-refractivity contribution in [3.05, 3.63) is 29.9 Å². The van der Waals surface area contributed by atoms with Gasteiger partial charge in [-0.25, -0.2) is 9.37 Å². The number of oxazole rings is 1. The number of Topliss-reactive ketones (excluding diaryl/α,β-unsaturated/α-hetero) is 1. The third kappa shape index (κ3) is 1.37. The number of carbonyl (C=O) groups excluding carboxylic acids is 1. The van der Waals surface area contributed by atoms with Crippen LogP contribution in [-0.2, 0) is 0 Å². The van der Waals surface area contributed by atoms with Gasteiger partial charge in [-0.2, -0.15) is 0 Å². The van der Waals surface area contributed by atoms with Gasteiger partial charge in [-0.3, -0.25) is 4.79 Å². The van der Waals surface area contributed by atoms with E-state index in [0.29, 0.717) is 5.52 Å². The van der Waals surface area contributed by atoms with Crippen LogP contribution in [0.15, 0.2) is 22.6 Å². The minimum Gasteiger partial charge on any atom is -0.431 e. The normalized spacial score (nSPS) is 10.7. The fourth-order valence-corrected chi connectivity index (χ4v) is 1.21. The summed E-state index contributed by atoms with van der Waals surface area (Å²) in [4.78, 5) is 14.9. The van der Waals surface area contributed by atoms with Crippen molar-refractivity contribution in [2.75, 3.05) is 5.88 Å². The molecule has 0 unspecified atom stereocenters. The maximum absolute atomic E-state index is 13.1. The Kier molecular flexibility index (Phi) is 2.21. The maximum atomic E-state index is 13.1. The summed E-state index contributed by atoms with van der Waals surface area (Å²) in [5.74, 6) is -1.37. The van der Waals surface area contributed by atoms with Crippen LogP contribution in [0, 0.1) is 5.82 Å². The number of alkyl halides is 1. The first kappa shape index (κ1) is 9.15. The Morgan fingerprint density at radius 1 is 1.57 bits per heavy atom. The van der Waals surface area contributed by atoms with E-state index < -0.39 is 11.6 Å². The van der Waals surface area contributed by atoms with Crippen molar-refractivity contribution in [1.29, 1.82) is 0 Å². The van der Waals surface area contributed by atoms with Gasteiger partial charge in [0.1, 0.15) is 5.52 Å². The molecule has 0 aliphatic heterocycles. The molecule has 14 heavy (non-hydrogen) atoms. The molecule has 0 fully saturated rings. The van der Waals surface area contributed by atoms with Crippen molar-refractivity contribution in [2.24, 2.45) is 0 Å². The van der Waals surface area contributed by atoms with Gasteiger partial charge >= 0.3 is 0 Å². The second-order valence-electron chi connectivity index (χ2n) is 2.66. The standard InChI is InChI=1S/C9H5ClFNO2/c10-4-7(13)9-12-6-3-1-2-5(11)8(6)14-9/h1-3H,4H2. The fraction of sp³-hybridized carbons (Fsp3) is 0.111. The molecule has 0 N–H and O–H groups in total. The summed E-state index contributed by atoms with van der Waals surface area (Å²) >= 11 is 5.31. The van der Waals surface area contributed by atoms with Crippen molar-refractivity contribution < 1.29 is 13.6 Å². The van der Waals surface area contributed by atoms with Gasteiger partial charge in [0.25, 0.3) is 5.89 Å². The number of para-hydroxylation sites is 1. The highest BCUT2D eigenvalue weighted by atomic mass is 35.5. The van der Waals surface area contributed by atoms with E-state index in [1.807, 2.05) is 0 Å². The summed E-state index contributed by atoms with van der Waals surface area (Å²) in [5.41, 5.74) is 0.305. The molecule has 3 nitrogen and oxygen atoms in total. The van der Waals surface area contributed by atoms with Crippen LogP contribution in [0.4, 0.5) is 4.39 Å². The molecule has 0 radical (unpaired) electrons. The highest BCUT2D eigenvalue weighted by Gasteiger charge is 2.14. The number of halogens is 2. The molecule has 0 spiro atoms. The molecule has 0 aliphatic carbocycles. The molecule has 0 saturated heterocycles. The van der Waals surface area contributed by atoms with Crippen LogP contribution in [0.3, 0.4) is 0 Å². The first-order chi connectivity index (χ1) is 6.72. The fourth-order valence-electron chi connectivity index (χ4n) is 1.09. The predicted molar refractivity (Wildman–Crippen MR) is 49.0 cm³/mol. The summed E-state index contributed by atoms with van der Waals surface area (Å²) in [5, 5.41) is 0. The van der Waals surface area contributed by atoms with E-state index in [0.717, 1.165) is 0 Å². The van der Waals surface area contributed by atoms with Gasteiger partial charge < -0.3 is 4.42 Å². The van der Waals surface area contributed by atoms with Gasteiger partial charge in [0.2, 0.25) is 5.78 Å². The smallest absolute Gasteiger partial charge is 0.265 e. The van der Waals surface area contributed by atoms with E-state index in [1.165, 1.54) is 12.1 Å². The summed E-state index contributed by atoms with van der Waals surface area (Å²) < 4.78 is 18.0. The second-order valence-corrected chi connectivity index (χ2v) is 2.93. The van der Waals surface area contributed by atoms with Crippen LogP contribution < -0.4 is 0 Å². The highest BCUT2D eigenvalue weighted by molar-refractivity contribution is 6.29. The average molecular weight is 214 g/mol. The lowest BCUT2D eigenvalue weighted by Crippen LogP contribution is -1.99. The van der Waals surface area contributed by atoms with E-state index in [2.05, 4.69) is 4.98 Å². The largest absolute Gasteiger partial charge is 0.431 e. The summed E-state index contributed by atoms with van der Waals surface area (Å²) in [6, 6.07) is 4.30. The van der Waals surface area contributed by atoms with Crippen LogP contribution in [0.5, 0.6) is 0 Å².